The first kappa shape index (κ1) is 26.2. The van der Waals surface area contributed by atoms with Crippen molar-refractivity contribution in [2.45, 2.75) is 75.7 Å². The van der Waals surface area contributed by atoms with Crippen molar-refractivity contribution >= 4 is 46.2 Å². The quantitative estimate of drug-likeness (QED) is 0.528. The van der Waals surface area contributed by atoms with Crippen molar-refractivity contribution in [3.63, 3.8) is 0 Å². The van der Waals surface area contributed by atoms with Crippen molar-refractivity contribution in [2.75, 3.05) is 0 Å². The van der Waals surface area contributed by atoms with E-state index in [0.717, 1.165) is 36.8 Å². The molecule has 2 aromatic rings. The molecule has 5 rings (SSSR count). The van der Waals surface area contributed by atoms with Crippen LogP contribution in [-0.4, -0.2) is 51.0 Å². The van der Waals surface area contributed by atoms with Crippen molar-refractivity contribution in [3.8, 4) is 0 Å². The lowest BCUT2D eigenvalue weighted by Crippen LogP contribution is -2.47. The number of thioether (sulfide) groups is 1. The molecule has 3 amide bonds. The van der Waals surface area contributed by atoms with Crippen molar-refractivity contribution in [2.24, 2.45) is 9.98 Å². The molecule has 198 valence electrons. The highest BCUT2D eigenvalue weighted by Crippen LogP contribution is 2.36. The lowest BCUT2D eigenvalue weighted by Gasteiger charge is -2.32. The molecule has 0 aromatic heterocycles. The van der Waals surface area contributed by atoms with Crippen LogP contribution in [0, 0.1) is 0 Å². The predicted octanol–water partition coefficient (Wildman–Crippen LogP) is 4.31. The molecule has 2 heterocycles. The maximum Gasteiger partial charge on any atom is 0.271 e. The number of amides is 3. The van der Waals surface area contributed by atoms with Crippen LogP contribution in [0.2, 0.25) is 0 Å². The van der Waals surface area contributed by atoms with E-state index >= 15 is 0 Å². The van der Waals surface area contributed by atoms with E-state index in [2.05, 4.69) is 15.6 Å². The first-order valence-corrected chi connectivity index (χ1v) is 14.3. The molecule has 2 atom stereocenters. The number of nitrogens with zero attached hydrogens (tertiary/aromatic N) is 3. The number of benzene rings is 2. The lowest BCUT2D eigenvalue weighted by atomic mass is 9.95. The van der Waals surface area contributed by atoms with Gasteiger partial charge in [0.25, 0.3) is 5.91 Å². The normalized spacial score (nSPS) is 19.7. The Balaban J connectivity index is 1.34. The van der Waals surface area contributed by atoms with Gasteiger partial charge in [-0.2, -0.15) is 4.99 Å². The highest BCUT2D eigenvalue weighted by Gasteiger charge is 2.43. The summed E-state index contributed by atoms with van der Waals surface area (Å²) >= 11 is 1.34. The highest BCUT2D eigenvalue weighted by atomic mass is 32.2. The Morgan fingerprint density at radius 2 is 1.76 bits per heavy atom. The fourth-order valence-electron chi connectivity index (χ4n) is 5.12. The number of hydrogen-bond donors (Lipinski definition) is 2. The summed E-state index contributed by atoms with van der Waals surface area (Å²) in [6.07, 6.45) is 6.09. The smallest absolute Gasteiger partial charge is 0.271 e. The minimum atomic E-state index is -0.806. The second-order valence-electron chi connectivity index (χ2n) is 9.90. The molecule has 3 aliphatic rings. The zero-order valence-corrected chi connectivity index (χ0v) is 22.4. The Kier molecular flexibility index (Phi) is 8.22. The molecule has 2 N–H and O–H groups in total. The number of carbonyl (C=O) groups is 3. The molecular weight excluding hydrogens is 498 g/mol. The van der Waals surface area contributed by atoms with Crippen molar-refractivity contribution in [1.82, 2.24) is 15.5 Å². The summed E-state index contributed by atoms with van der Waals surface area (Å²) in [4.78, 5) is 50.2. The molecule has 2 aliphatic heterocycles. The van der Waals surface area contributed by atoms with Gasteiger partial charge in [0.2, 0.25) is 11.8 Å². The third-order valence-corrected chi connectivity index (χ3v) is 8.51. The molecule has 38 heavy (non-hydrogen) atoms. The number of rotatable bonds is 8. The number of nitrogens with one attached hydrogen (secondary N) is 2. The summed E-state index contributed by atoms with van der Waals surface area (Å²) in [5.74, 6) is -0.132. The maximum atomic E-state index is 13.2. The molecule has 1 fully saturated rings. The van der Waals surface area contributed by atoms with Gasteiger partial charge in [0.1, 0.15) is 11.9 Å². The zero-order valence-electron chi connectivity index (χ0n) is 21.6. The van der Waals surface area contributed by atoms with Gasteiger partial charge >= 0.3 is 0 Å². The zero-order chi connectivity index (χ0) is 26.5. The number of para-hydroxylation sites is 1. The first-order chi connectivity index (χ1) is 18.5. The molecule has 0 radical (unpaired) electrons. The van der Waals surface area contributed by atoms with Crippen LogP contribution in [0.3, 0.4) is 0 Å². The Hall–Kier alpha value is -3.46. The second kappa shape index (κ2) is 11.9. The molecule has 1 saturated carbocycles. The third kappa shape index (κ3) is 5.83. The van der Waals surface area contributed by atoms with Gasteiger partial charge in [-0.1, -0.05) is 80.4 Å². The van der Waals surface area contributed by atoms with Gasteiger partial charge in [0.15, 0.2) is 5.17 Å². The second-order valence-corrected chi connectivity index (χ2v) is 11.1. The molecule has 0 bridgehead atoms. The van der Waals surface area contributed by atoms with E-state index in [9.17, 15) is 14.4 Å². The van der Waals surface area contributed by atoms with Crippen LogP contribution in [0.4, 0.5) is 5.69 Å². The largest absolute Gasteiger partial charge is 0.352 e. The van der Waals surface area contributed by atoms with Gasteiger partial charge in [-0.15, -0.1) is 0 Å². The lowest BCUT2D eigenvalue weighted by molar-refractivity contribution is -0.126. The molecule has 0 spiro atoms. The highest BCUT2D eigenvalue weighted by molar-refractivity contribution is 8.15. The predicted molar refractivity (Wildman–Crippen MR) is 150 cm³/mol. The Morgan fingerprint density at radius 1 is 1.03 bits per heavy atom. The van der Waals surface area contributed by atoms with Gasteiger partial charge in [0.05, 0.1) is 17.4 Å². The van der Waals surface area contributed by atoms with E-state index in [1.54, 1.807) is 4.90 Å². The van der Waals surface area contributed by atoms with Gasteiger partial charge in [-0.05, 0) is 37.0 Å². The van der Waals surface area contributed by atoms with Crippen LogP contribution in [0.1, 0.15) is 63.0 Å². The standard InChI is InChI=1S/C29H33N5O3S/c1-2-24(28(37)31-20-13-7-4-8-14-20)38-29-32-22-16-10-9-15-21(22)26-33-27(36)23(34(26)29)17-25(35)30-18-19-11-5-3-6-12-19/h3,5-6,9-12,15-16,20,23-24H,2,4,7-8,13-14,17-18H2,1H3,(H,30,35)(H,31,37). The van der Waals surface area contributed by atoms with Crippen LogP contribution in [-0.2, 0) is 20.9 Å². The van der Waals surface area contributed by atoms with E-state index in [1.165, 1.54) is 18.2 Å². The molecular formula is C29H33N5O3S. The minimum absolute atomic E-state index is 0.00729. The van der Waals surface area contributed by atoms with Crippen molar-refractivity contribution in [1.29, 1.82) is 0 Å². The van der Waals surface area contributed by atoms with Crippen LogP contribution in [0.5, 0.6) is 0 Å². The maximum absolute atomic E-state index is 13.2. The molecule has 9 heteroatoms. The average Bonchev–Trinajstić information content (AvgIpc) is 3.27. The fraction of sp³-hybridized carbons (Fsp3) is 0.414. The number of fused-ring (bicyclic) bond motifs is 3. The third-order valence-electron chi connectivity index (χ3n) is 7.18. The summed E-state index contributed by atoms with van der Waals surface area (Å²) < 4.78 is 0. The molecule has 0 saturated heterocycles. The topological polar surface area (TPSA) is 103 Å². The van der Waals surface area contributed by atoms with Gasteiger partial charge in [0, 0.05) is 18.2 Å². The Bertz CT molecular complexity index is 1260. The minimum Gasteiger partial charge on any atom is -0.352 e. The van der Waals surface area contributed by atoms with Crippen LogP contribution in [0.15, 0.2) is 64.6 Å². The summed E-state index contributed by atoms with van der Waals surface area (Å²) in [5, 5.41) is 6.30. The van der Waals surface area contributed by atoms with E-state index in [0.29, 0.717) is 29.7 Å². The number of amidine groups is 2. The number of carbonyl (C=O) groups excluding carboxylic acids is 3. The fourth-order valence-corrected chi connectivity index (χ4v) is 6.19. The van der Waals surface area contributed by atoms with Crippen LogP contribution >= 0.6 is 11.8 Å². The van der Waals surface area contributed by atoms with Gasteiger partial charge in [-0.25, -0.2) is 4.99 Å². The summed E-state index contributed by atoms with van der Waals surface area (Å²) in [7, 11) is 0. The van der Waals surface area contributed by atoms with E-state index in [1.807, 2.05) is 61.5 Å². The summed E-state index contributed by atoms with van der Waals surface area (Å²) in [6.45, 7) is 2.36. The average molecular weight is 532 g/mol. The van der Waals surface area contributed by atoms with Gasteiger partial charge in [-0.3, -0.25) is 19.3 Å². The van der Waals surface area contributed by atoms with E-state index in [4.69, 9.17) is 4.99 Å². The van der Waals surface area contributed by atoms with Crippen molar-refractivity contribution < 1.29 is 14.4 Å². The van der Waals surface area contributed by atoms with Crippen LogP contribution in [0.25, 0.3) is 0 Å². The first-order valence-electron chi connectivity index (χ1n) is 13.4. The van der Waals surface area contributed by atoms with E-state index < -0.39 is 6.04 Å². The van der Waals surface area contributed by atoms with E-state index in [-0.39, 0.29) is 35.4 Å². The molecule has 2 unspecified atom stereocenters. The Labute approximate surface area is 227 Å². The molecule has 8 nitrogen and oxygen atoms in total. The van der Waals surface area contributed by atoms with Crippen LogP contribution < -0.4 is 10.6 Å². The monoisotopic (exact) mass is 531 g/mol. The SMILES string of the molecule is CCC(SC1=Nc2ccccc2C2=NC(=O)C(CC(=O)NCc3ccccc3)N12)C(=O)NC1CCCCC1. The molecule has 1 aliphatic carbocycles. The van der Waals surface area contributed by atoms with Gasteiger partial charge < -0.3 is 10.6 Å². The summed E-state index contributed by atoms with van der Waals surface area (Å²) in [6, 6.07) is 16.6. The molecule has 2 aromatic carbocycles. The number of aliphatic imine (C=N–C) groups is 2. The summed E-state index contributed by atoms with van der Waals surface area (Å²) in [5.41, 5.74) is 2.43. The van der Waals surface area contributed by atoms with Crippen molar-refractivity contribution in [3.05, 3.63) is 65.7 Å². The Morgan fingerprint density at radius 3 is 2.53 bits per heavy atom. The number of hydrogen-bond acceptors (Lipinski definition) is 6.